The first-order chi connectivity index (χ1) is 11.0. The van der Waals surface area contributed by atoms with Crippen LogP contribution in [0.15, 0.2) is 36.4 Å². The molecule has 1 saturated carbocycles. The third-order valence-electron chi connectivity index (χ3n) is 5.41. The fourth-order valence-corrected chi connectivity index (χ4v) is 3.99. The van der Waals surface area contributed by atoms with Gasteiger partial charge in [-0.05, 0) is 42.2 Å². The van der Waals surface area contributed by atoms with Crippen molar-refractivity contribution in [2.24, 2.45) is 23.7 Å². The topological polar surface area (TPSA) is 66.4 Å². The van der Waals surface area contributed by atoms with E-state index in [4.69, 9.17) is 0 Å². The number of carbonyl (C=O) groups excluding carboxylic acids is 1. The van der Waals surface area contributed by atoms with Gasteiger partial charge < -0.3 is 10.4 Å². The lowest BCUT2D eigenvalue weighted by atomic mass is 9.82. The standard InChI is InChI=1S/C19H23NO3/c1-3-11(2)14-6-4-5-7-15(14)20-18(21)16-12-8-9-13(10-12)17(16)19(22)23/h4-9,11-13,16-17H,3,10H2,1-2H3,(H,20,21)(H,22,23)/t11-,12+,13+,16+,17+/m1/s1. The van der Waals surface area contributed by atoms with Gasteiger partial charge >= 0.3 is 5.97 Å². The molecule has 0 unspecified atom stereocenters. The van der Waals surface area contributed by atoms with Crippen LogP contribution in [0, 0.1) is 23.7 Å². The van der Waals surface area contributed by atoms with Crippen LogP contribution in [0.2, 0.25) is 0 Å². The highest BCUT2D eigenvalue weighted by Gasteiger charge is 2.51. The molecule has 0 saturated heterocycles. The molecule has 2 N–H and O–H groups in total. The molecule has 0 radical (unpaired) electrons. The van der Waals surface area contributed by atoms with E-state index in [-0.39, 0.29) is 17.7 Å². The minimum absolute atomic E-state index is 0.00180. The number of aliphatic carboxylic acids is 1. The SMILES string of the molecule is CC[C@@H](C)c1ccccc1NC(=O)[C@@H]1[C@@H](C(=O)O)[C@H]2C=C[C@H]1C2. The largest absolute Gasteiger partial charge is 0.481 e. The summed E-state index contributed by atoms with van der Waals surface area (Å²) in [5.41, 5.74) is 1.91. The van der Waals surface area contributed by atoms with Crippen molar-refractivity contribution in [3.63, 3.8) is 0 Å². The lowest BCUT2D eigenvalue weighted by molar-refractivity contribution is -0.146. The molecular formula is C19H23NO3. The summed E-state index contributed by atoms with van der Waals surface area (Å²) in [6.45, 7) is 4.25. The highest BCUT2D eigenvalue weighted by molar-refractivity contribution is 5.97. The normalized spacial score (nSPS) is 29.5. The fraction of sp³-hybridized carbons (Fsp3) is 0.474. The number of carboxylic acid groups (broad SMARTS) is 1. The summed E-state index contributed by atoms with van der Waals surface area (Å²) >= 11 is 0. The summed E-state index contributed by atoms with van der Waals surface area (Å²) in [6, 6.07) is 7.80. The highest BCUT2D eigenvalue weighted by Crippen LogP contribution is 2.48. The van der Waals surface area contributed by atoms with Crippen LogP contribution in [-0.2, 0) is 9.59 Å². The van der Waals surface area contributed by atoms with Gasteiger partial charge in [0.15, 0.2) is 0 Å². The van der Waals surface area contributed by atoms with Crippen LogP contribution in [0.3, 0.4) is 0 Å². The predicted octanol–water partition coefficient (Wildman–Crippen LogP) is 3.66. The zero-order valence-corrected chi connectivity index (χ0v) is 13.5. The number of nitrogens with one attached hydrogen (secondary N) is 1. The number of benzene rings is 1. The Labute approximate surface area is 136 Å². The molecule has 0 heterocycles. The maximum Gasteiger partial charge on any atom is 0.307 e. The molecule has 2 aliphatic rings. The van der Waals surface area contributed by atoms with Gasteiger partial charge in [0.1, 0.15) is 0 Å². The second-order valence-electron chi connectivity index (χ2n) is 6.72. The van der Waals surface area contributed by atoms with Gasteiger partial charge in [0.05, 0.1) is 11.8 Å². The van der Waals surface area contributed by atoms with Crippen molar-refractivity contribution in [3.8, 4) is 0 Å². The molecule has 23 heavy (non-hydrogen) atoms. The zero-order chi connectivity index (χ0) is 16.6. The number of fused-ring (bicyclic) bond motifs is 2. The summed E-state index contributed by atoms with van der Waals surface area (Å²) in [5, 5.41) is 12.5. The van der Waals surface area contributed by atoms with Gasteiger partial charge in [0.25, 0.3) is 0 Å². The second kappa shape index (κ2) is 6.19. The van der Waals surface area contributed by atoms with E-state index in [1.807, 2.05) is 36.4 Å². The minimum Gasteiger partial charge on any atom is -0.481 e. The second-order valence-corrected chi connectivity index (χ2v) is 6.72. The van der Waals surface area contributed by atoms with Gasteiger partial charge in [0, 0.05) is 5.69 Å². The van der Waals surface area contributed by atoms with Gasteiger partial charge in [-0.25, -0.2) is 0 Å². The van der Waals surface area contributed by atoms with Crippen LogP contribution < -0.4 is 5.32 Å². The fourth-order valence-electron chi connectivity index (χ4n) is 3.99. The van der Waals surface area contributed by atoms with Crippen LogP contribution in [0.5, 0.6) is 0 Å². The van der Waals surface area contributed by atoms with E-state index in [0.29, 0.717) is 5.92 Å². The van der Waals surface area contributed by atoms with Crippen molar-refractivity contribution in [1.82, 2.24) is 0 Å². The number of carboxylic acids is 1. The van der Waals surface area contributed by atoms with E-state index < -0.39 is 17.8 Å². The molecule has 4 heteroatoms. The number of hydrogen-bond acceptors (Lipinski definition) is 2. The number of rotatable bonds is 5. The summed E-state index contributed by atoms with van der Waals surface area (Å²) in [5.74, 6) is -1.69. The first-order valence-electron chi connectivity index (χ1n) is 8.33. The number of carbonyl (C=O) groups is 2. The Morgan fingerprint density at radius 1 is 1.22 bits per heavy atom. The molecule has 1 aromatic carbocycles. The smallest absolute Gasteiger partial charge is 0.307 e. The molecule has 1 aromatic rings. The van der Waals surface area contributed by atoms with Crippen LogP contribution >= 0.6 is 0 Å². The predicted molar refractivity (Wildman–Crippen MR) is 89.1 cm³/mol. The zero-order valence-electron chi connectivity index (χ0n) is 13.5. The van der Waals surface area contributed by atoms with E-state index in [2.05, 4.69) is 19.2 Å². The molecule has 1 fully saturated rings. The maximum atomic E-state index is 12.8. The van der Waals surface area contributed by atoms with E-state index in [1.54, 1.807) is 0 Å². The Balaban J connectivity index is 1.83. The van der Waals surface area contributed by atoms with Crippen molar-refractivity contribution in [2.45, 2.75) is 32.6 Å². The third-order valence-corrected chi connectivity index (χ3v) is 5.41. The number of para-hydroxylation sites is 1. The Kier molecular flexibility index (Phi) is 4.24. The molecule has 2 bridgehead atoms. The lowest BCUT2D eigenvalue weighted by Crippen LogP contribution is -2.36. The number of anilines is 1. The Morgan fingerprint density at radius 3 is 2.52 bits per heavy atom. The van der Waals surface area contributed by atoms with Crippen LogP contribution in [0.1, 0.15) is 38.2 Å². The van der Waals surface area contributed by atoms with Gasteiger partial charge in [-0.2, -0.15) is 0 Å². The molecule has 3 rings (SSSR count). The lowest BCUT2D eigenvalue weighted by Gasteiger charge is -2.25. The van der Waals surface area contributed by atoms with Gasteiger partial charge in [-0.1, -0.05) is 44.2 Å². The Bertz CT molecular complexity index is 652. The average Bonchev–Trinajstić information content (AvgIpc) is 3.15. The molecule has 122 valence electrons. The molecule has 0 aliphatic heterocycles. The van der Waals surface area contributed by atoms with Gasteiger partial charge in [0.2, 0.25) is 5.91 Å². The summed E-state index contributed by atoms with van der Waals surface area (Å²) < 4.78 is 0. The molecule has 2 aliphatic carbocycles. The van der Waals surface area contributed by atoms with Crippen LogP contribution in [0.25, 0.3) is 0 Å². The van der Waals surface area contributed by atoms with Crippen LogP contribution in [0.4, 0.5) is 5.69 Å². The summed E-state index contributed by atoms with van der Waals surface area (Å²) in [7, 11) is 0. The molecule has 5 atom stereocenters. The Morgan fingerprint density at radius 2 is 1.87 bits per heavy atom. The number of allylic oxidation sites excluding steroid dienone is 2. The summed E-state index contributed by atoms with van der Waals surface area (Å²) in [6.07, 6.45) is 5.73. The van der Waals surface area contributed by atoms with Crippen molar-refractivity contribution >= 4 is 17.6 Å². The first-order valence-corrected chi connectivity index (χ1v) is 8.33. The monoisotopic (exact) mass is 313 g/mol. The van der Waals surface area contributed by atoms with E-state index in [9.17, 15) is 14.7 Å². The van der Waals surface area contributed by atoms with Crippen molar-refractivity contribution in [2.75, 3.05) is 5.32 Å². The van der Waals surface area contributed by atoms with E-state index >= 15 is 0 Å². The number of hydrogen-bond donors (Lipinski definition) is 2. The first kappa shape index (κ1) is 15.8. The summed E-state index contributed by atoms with van der Waals surface area (Å²) in [4.78, 5) is 24.3. The van der Waals surface area contributed by atoms with Crippen molar-refractivity contribution < 1.29 is 14.7 Å². The van der Waals surface area contributed by atoms with E-state index in [0.717, 1.165) is 24.1 Å². The molecule has 0 aromatic heterocycles. The molecular weight excluding hydrogens is 290 g/mol. The number of amides is 1. The maximum absolute atomic E-state index is 12.8. The average molecular weight is 313 g/mol. The van der Waals surface area contributed by atoms with Crippen molar-refractivity contribution in [3.05, 3.63) is 42.0 Å². The quantitative estimate of drug-likeness (QED) is 0.815. The Hall–Kier alpha value is -2.10. The minimum atomic E-state index is -0.864. The van der Waals surface area contributed by atoms with Crippen molar-refractivity contribution in [1.29, 1.82) is 0 Å². The molecule has 1 amide bonds. The van der Waals surface area contributed by atoms with Gasteiger partial charge in [-0.15, -0.1) is 0 Å². The highest BCUT2D eigenvalue weighted by atomic mass is 16.4. The van der Waals surface area contributed by atoms with Gasteiger partial charge in [-0.3, -0.25) is 9.59 Å². The molecule has 4 nitrogen and oxygen atoms in total. The van der Waals surface area contributed by atoms with Crippen LogP contribution in [-0.4, -0.2) is 17.0 Å². The van der Waals surface area contributed by atoms with E-state index in [1.165, 1.54) is 0 Å². The third kappa shape index (κ3) is 2.78. The molecule has 0 spiro atoms.